The Kier molecular flexibility index (Phi) is 26.9. The van der Waals surface area contributed by atoms with Crippen LogP contribution in [-0.4, -0.2) is 38.0 Å². The second kappa shape index (κ2) is 39.9. The van der Waals surface area contributed by atoms with Crippen molar-refractivity contribution in [1.29, 1.82) is 0 Å². The van der Waals surface area contributed by atoms with Crippen LogP contribution in [0.25, 0.3) is 10.8 Å². The summed E-state index contributed by atoms with van der Waals surface area (Å²) >= 11 is 45.2. The van der Waals surface area contributed by atoms with E-state index in [1.54, 1.807) is 95.6 Å². The molecular weight excluding hydrogens is 1790 g/mol. The monoisotopic (exact) mass is 1860 g/mol. The van der Waals surface area contributed by atoms with Crippen molar-refractivity contribution in [3.63, 3.8) is 0 Å². The van der Waals surface area contributed by atoms with E-state index in [1.165, 1.54) is 16.7 Å². The third kappa shape index (κ3) is 18.6. The minimum Gasteiger partial charge on any atom is -0.497 e. The molecule has 4 aliphatic heterocycles. The lowest BCUT2D eigenvalue weighted by molar-refractivity contribution is 0.0977. The largest absolute Gasteiger partial charge is 0.497 e. The lowest BCUT2D eigenvalue weighted by Crippen LogP contribution is -2.33. The predicted molar refractivity (Wildman–Crippen MR) is 536 cm³/mol. The molecule has 21 rings (SSSR count). The molecule has 17 aromatic rings. The maximum absolute atomic E-state index is 13.9. The van der Waals surface area contributed by atoms with Crippen LogP contribution in [0.5, 0.6) is 17.2 Å². The summed E-state index contributed by atoms with van der Waals surface area (Å²) in [4.78, 5) is 62.0. The highest BCUT2D eigenvalue weighted by molar-refractivity contribution is 6.33. The van der Waals surface area contributed by atoms with Gasteiger partial charge in [-0.25, -0.2) is 4.79 Å². The molecular formula is C114H83Cl7N4O7. The number of benzene rings is 17. The molecule has 4 amide bonds. The lowest BCUT2D eigenvalue weighted by Gasteiger charge is -2.25. The van der Waals surface area contributed by atoms with Gasteiger partial charge >= 0.3 is 6.09 Å². The van der Waals surface area contributed by atoms with Crippen LogP contribution in [0.2, 0.25) is 35.2 Å². The summed E-state index contributed by atoms with van der Waals surface area (Å²) in [5, 5.41) is 6.53. The first kappa shape index (κ1) is 88.9. The highest BCUT2D eigenvalue weighted by Crippen LogP contribution is 2.52. The molecule has 4 aliphatic rings. The van der Waals surface area contributed by atoms with Crippen LogP contribution in [0.4, 0.5) is 27.5 Å². The summed E-state index contributed by atoms with van der Waals surface area (Å²) < 4.78 is 17.0. The Morgan fingerprint density at radius 1 is 0.258 bits per heavy atom. The van der Waals surface area contributed by atoms with Crippen molar-refractivity contribution in [3.05, 3.63) is 535 Å². The van der Waals surface area contributed by atoms with Crippen LogP contribution in [0.1, 0.15) is 144 Å². The average molecular weight is 1870 g/mol. The first-order chi connectivity index (χ1) is 64.4. The minimum absolute atomic E-state index is 0.0247. The Labute approximate surface area is 801 Å². The Hall–Kier alpha value is -13.7. The summed E-state index contributed by atoms with van der Waals surface area (Å²) in [6.07, 6.45) is -0.409. The first-order valence-corrected chi connectivity index (χ1v) is 45.6. The summed E-state index contributed by atoms with van der Waals surface area (Å²) in [6, 6.07) is 127. The summed E-state index contributed by atoms with van der Waals surface area (Å²) in [5.41, 5.74) is 21.8. The SMILES string of the molecule is COc1ccc2c(c1)CN(C(=O)c1ccc(Cl)cc1)c1ccc(Cl)cc1C2c1ccccc1Cl.COc1cccc2c1C(c1ccccc1Cl)c1cc(Cl)ccc1N(C(=O)c1ccc(Cl)cc1)C2.O=C(Oc1ccccc1)N1Cc2ccccc2C(c2ccccc2Cl)c2ccccc21.O=C(c1ccc2ccccc2c1)N1Cc2ccccc2C(c2ccccc2)c2ccccc21. The molecule has 0 fully saturated rings. The number of carbonyl (C=O) groups is 4. The Morgan fingerprint density at radius 2 is 0.644 bits per heavy atom. The highest BCUT2D eigenvalue weighted by atomic mass is 35.5. The number of ether oxygens (including phenoxy) is 3. The number of anilines is 4. The van der Waals surface area contributed by atoms with Gasteiger partial charge in [0, 0.05) is 98.1 Å². The number of rotatable bonds is 10. The Bertz CT molecular complexity index is 7130. The van der Waals surface area contributed by atoms with Crippen molar-refractivity contribution in [2.75, 3.05) is 33.8 Å². The molecule has 4 heterocycles. The van der Waals surface area contributed by atoms with Crippen LogP contribution in [0.3, 0.4) is 0 Å². The molecule has 4 unspecified atom stereocenters. The van der Waals surface area contributed by atoms with E-state index in [4.69, 9.17) is 95.4 Å². The third-order valence-electron chi connectivity index (χ3n) is 24.5. The molecule has 4 atom stereocenters. The molecule has 0 saturated heterocycles. The zero-order chi connectivity index (χ0) is 91.0. The van der Waals surface area contributed by atoms with Crippen molar-refractivity contribution in [3.8, 4) is 17.2 Å². The molecule has 0 spiro atoms. The van der Waals surface area contributed by atoms with Gasteiger partial charge in [-0.1, -0.05) is 318 Å². The number of hydrogen-bond acceptors (Lipinski definition) is 7. The normalized spacial score (nSPS) is 14.8. The molecule has 0 aromatic heterocycles. The van der Waals surface area contributed by atoms with Gasteiger partial charge in [-0.05, 0) is 252 Å². The van der Waals surface area contributed by atoms with Crippen molar-refractivity contribution >= 4 is 139 Å². The van der Waals surface area contributed by atoms with Gasteiger partial charge in [0.2, 0.25) is 0 Å². The molecule has 0 N–H and O–H groups in total. The molecule has 0 bridgehead atoms. The number of carbonyl (C=O) groups excluding carboxylic acids is 4. The molecule has 11 nitrogen and oxygen atoms in total. The maximum Gasteiger partial charge on any atom is 0.420 e. The standard InChI is InChI=1S/C31H23NO.2C28H20Cl3NO2.C27H20ClNO2/c33-31(25-19-18-22-10-4-5-13-24(22)20-25)32-21-26-14-6-7-15-27(26)30(23-11-2-1-3-12-23)28-16-8-9-17-29(28)32;1-34-25-8-4-5-18-16-32(28(33)17-9-11-19(29)12-10-17)24-14-13-20(30)15-22(24)27(26(18)25)21-6-2-3-7-23(21)31;1-34-21-11-12-22-18(14-21)16-32(28(33)17-6-8-19(29)9-7-17)26-13-10-20(30)15-24(26)27(22)23-4-2-3-5-25(23)31;28-24-16-8-6-14-22(24)26-21-13-5-4-10-19(21)18-29(25-17-9-7-15-23(25)26)27(30)31-20-11-2-1-3-12-20/h1-20,30H,21H2;2*2-15,27H,16H2,1H3;1-17,26H,18H2. The highest BCUT2D eigenvalue weighted by Gasteiger charge is 2.39. The molecule has 132 heavy (non-hydrogen) atoms. The summed E-state index contributed by atoms with van der Waals surface area (Å²) in [6.45, 7) is 1.69. The van der Waals surface area contributed by atoms with E-state index < -0.39 is 6.09 Å². The van der Waals surface area contributed by atoms with E-state index in [2.05, 4.69) is 103 Å². The summed E-state index contributed by atoms with van der Waals surface area (Å²) in [5.74, 6) is 1.23. The van der Waals surface area contributed by atoms with Gasteiger partial charge in [0.05, 0.1) is 46.1 Å². The number of amides is 4. The molecule has 0 aliphatic carbocycles. The van der Waals surface area contributed by atoms with Gasteiger partial charge in [-0.3, -0.25) is 19.3 Å². The van der Waals surface area contributed by atoms with Gasteiger partial charge < -0.3 is 28.9 Å². The smallest absolute Gasteiger partial charge is 0.420 e. The number of halogens is 7. The molecule has 17 aromatic carbocycles. The number of fused-ring (bicyclic) bond motifs is 9. The lowest BCUT2D eigenvalue weighted by atomic mass is 9.82. The number of nitrogens with zero attached hydrogens (tertiary/aromatic N) is 4. The average Bonchev–Trinajstić information content (AvgIpc) is 1.58. The maximum atomic E-state index is 13.9. The van der Waals surface area contributed by atoms with Gasteiger partial charge in [-0.15, -0.1) is 0 Å². The van der Waals surface area contributed by atoms with E-state index in [9.17, 15) is 19.2 Å². The summed E-state index contributed by atoms with van der Waals surface area (Å²) in [7, 11) is 3.29. The molecule has 0 radical (unpaired) electrons. The van der Waals surface area contributed by atoms with Crippen LogP contribution < -0.4 is 33.8 Å². The molecule has 0 saturated carbocycles. The van der Waals surface area contributed by atoms with Crippen molar-refractivity contribution in [1.82, 2.24) is 0 Å². The number of para-hydroxylation sites is 3. The van der Waals surface area contributed by atoms with Crippen LogP contribution in [-0.2, 0) is 26.2 Å². The second-order valence-corrected chi connectivity index (χ2v) is 35.2. The van der Waals surface area contributed by atoms with E-state index in [1.807, 2.05) is 229 Å². The fourth-order valence-electron chi connectivity index (χ4n) is 18.4. The zero-order valence-corrected chi connectivity index (χ0v) is 76.7. The van der Waals surface area contributed by atoms with Crippen LogP contribution >= 0.6 is 81.2 Å². The Balaban J connectivity index is 0.000000118. The van der Waals surface area contributed by atoms with E-state index in [0.717, 1.165) is 117 Å². The quantitative estimate of drug-likeness (QED) is 0.134. The van der Waals surface area contributed by atoms with Gasteiger partial charge in [-0.2, -0.15) is 0 Å². The van der Waals surface area contributed by atoms with E-state index >= 15 is 0 Å². The van der Waals surface area contributed by atoms with E-state index in [-0.39, 0.29) is 41.4 Å². The van der Waals surface area contributed by atoms with Crippen LogP contribution in [0, 0.1) is 0 Å². The number of hydrogen-bond donors (Lipinski definition) is 0. The fourth-order valence-corrected chi connectivity index (χ4v) is 19.7. The van der Waals surface area contributed by atoms with Crippen molar-refractivity contribution in [2.24, 2.45) is 0 Å². The van der Waals surface area contributed by atoms with Gasteiger partial charge in [0.25, 0.3) is 17.7 Å². The van der Waals surface area contributed by atoms with Crippen molar-refractivity contribution in [2.45, 2.75) is 49.9 Å². The first-order valence-electron chi connectivity index (χ1n) is 43.0. The molecule has 650 valence electrons. The van der Waals surface area contributed by atoms with Gasteiger partial charge in [0.1, 0.15) is 17.2 Å². The second-order valence-electron chi connectivity index (χ2n) is 32.2. The van der Waals surface area contributed by atoms with Crippen molar-refractivity contribution < 1.29 is 33.4 Å². The topological polar surface area (TPSA) is 109 Å². The Morgan fingerprint density at radius 3 is 1.19 bits per heavy atom. The fraction of sp³-hybridized carbons (Fsp3) is 0.0877. The van der Waals surface area contributed by atoms with Crippen LogP contribution in [0.15, 0.2) is 394 Å². The van der Waals surface area contributed by atoms with E-state index in [0.29, 0.717) is 83.8 Å². The third-order valence-corrected chi connectivity index (χ3v) is 26.5. The van der Waals surface area contributed by atoms with Gasteiger partial charge in [0.15, 0.2) is 0 Å². The minimum atomic E-state index is -0.409. The number of methoxy groups -OCH3 is 2. The molecule has 18 heteroatoms. The zero-order valence-electron chi connectivity index (χ0n) is 71.5. The predicted octanol–water partition coefficient (Wildman–Crippen LogP) is 30.2.